The number of anilines is 1. The molecule has 2 fully saturated rings. The number of carbonyl (C=O) groups is 1. The zero-order valence-corrected chi connectivity index (χ0v) is 15.1. The third-order valence-electron chi connectivity index (χ3n) is 4.82. The number of halogens is 1. The molecule has 22 heavy (non-hydrogen) atoms. The van der Waals surface area contributed by atoms with Crippen molar-refractivity contribution >= 4 is 40.1 Å². The van der Waals surface area contributed by atoms with Gasteiger partial charge in [-0.3, -0.25) is 4.79 Å². The molecule has 1 aromatic carbocycles. The predicted molar refractivity (Wildman–Crippen MR) is 91.4 cm³/mol. The lowest BCUT2D eigenvalue weighted by molar-refractivity contribution is -0.117. The van der Waals surface area contributed by atoms with Crippen molar-refractivity contribution in [1.82, 2.24) is 0 Å². The maximum atomic E-state index is 12.0. The Kier molecular flexibility index (Phi) is 3.90. The Bertz CT molecular complexity index is 601. The summed E-state index contributed by atoms with van der Waals surface area (Å²) in [6.45, 7) is 8.93. The Morgan fingerprint density at radius 2 is 1.77 bits per heavy atom. The van der Waals surface area contributed by atoms with Crippen molar-refractivity contribution in [3.05, 3.63) is 22.7 Å². The Morgan fingerprint density at radius 1 is 1.14 bits per heavy atom. The predicted octanol–water partition coefficient (Wildman–Crippen LogP) is 2.88. The molecule has 0 aliphatic carbocycles. The smallest absolute Gasteiger partial charge is 0.399 e. The molecule has 1 amide bonds. The van der Waals surface area contributed by atoms with E-state index in [4.69, 9.17) is 9.31 Å². The Labute approximate surface area is 140 Å². The fourth-order valence-electron chi connectivity index (χ4n) is 2.79. The van der Waals surface area contributed by atoms with E-state index >= 15 is 0 Å². The lowest BCUT2D eigenvalue weighted by Crippen LogP contribution is -2.41. The van der Waals surface area contributed by atoms with Crippen LogP contribution >= 0.6 is 15.9 Å². The van der Waals surface area contributed by atoms with Crippen molar-refractivity contribution in [3.63, 3.8) is 0 Å². The molecule has 2 saturated heterocycles. The number of rotatable bonds is 2. The van der Waals surface area contributed by atoms with Crippen LogP contribution in [0, 0.1) is 0 Å². The molecule has 0 spiro atoms. The first-order chi connectivity index (χ1) is 10.2. The van der Waals surface area contributed by atoms with E-state index in [1.165, 1.54) is 0 Å². The van der Waals surface area contributed by atoms with E-state index in [2.05, 4.69) is 15.9 Å². The average Bonchev–Trinajstić information content (AvgIpc) is 2.91. The first kappa shape index (κ1) is 16.0. The van der Waals surface area contributed by atoms with E-state index in [0.29, 0.717) is 6.42 Å². The van der Waals surface area contributed by atoms with Gasteiger partial charge in [-0.05, 0) is 57.8 Å². The summed E-state index contributed by atoms with van der Waals surface area (Å²) in [6.07, 6.45) is 1.54. The maximum absolute atomic E-state index is 12.0. The molecular weight excluding hydrogens is 345 g/mol. The van der Waals surface area contributed by atoms with Crippen molar-refractivity contribution in [2.75, 3.05) is 11.4 Å². The number of nitrogens with zero attached hydrogens (tertiary/aromatic N) is 1. The Hall–Kier alpha value is -0.845. The van der Waals surface area contributed by atoms with Crippen molar-refractivity contribution in [3.8, 4) is 0 Å². The summed E-state index contributed by atoms with van der Waals surface area (Å²) in [5, 5.41) is 0. The van der Waals surface area contributed by atoms with Gasteiger partial charge in [0.15, 0.2) is 0 Å². The summed E-state index contributed by atoms with van der Waals surface area (Å²) < 4.78 is 13.1. The SMILES string of the molecule is CC1(C)OB(c2cc(Br)cc(N3CCCC3=O)c2)OC1(C)C. The van der Waals surface area contributed by atoms with Gasteiger partial charge >= 0.3 is 7.12 Å². The fraction of sp³-hybridized carbons (Fsp3) is 0.562. The van der Waals surface area contributed by atoms with Gasteiger partial charge in [0.2, 0.25) is 5.91 Å². The summed E-state index contributed by atoms with van der Waals surface area (Å²) in [6, 6.07) is 5.96. The van der Waals surface area contributed by atoms with Crippen LogP contribution in [-0.4, -0.2) is 30.8 Å². The molecule has 2 aliphatic rings. The van der Waals surface area contributed by atoms with E-state index in [-0.39, 0.29) is 17.1 Å². The summed E-state index contributed by atoms with van der Waals surface area (Å²) in [5.74, 6) is 0.179. The molecule has 2 heterocycles. The standard InChI is InChI=1S/C16H21BBrNO3/c1-15(2)16(3,4)22-17(21-15)11-8-12(18)10-13(9-11)19-7-5-6-14(19)20/h8-10H,5-7H2,1-4H3. The van der Waals surface area contributed by atoms with Crippen LogP contribution in [-0.2, 0) is 14.1 Å². The number of hydrogen-bond acceptors (Lipinski definition) is 3. The lowest BCUT2D eigenvalue weighted by Gasteiger charge is -2.32. The zero-order valence-electron chi connectivity index (χ0n) is 13.5. The molecule has 0 N–H and O–H groups in total. The third kappa shape index (κ3) is 2.72. The fourth-order valence-corrected chi connectivity index (χ4v) is 3.29. The van der Waals surface area contributed by atoms with Crippen molar-refractivity contribution in [2.24, 2.45) is 0 Å². The van der Waals surface area contributed by atoms with Gasteiger partial charge in [-0.1, -0.05) is 15.9 Å². The molecule has 0 atom stereocenters. The van der Waals surface area contributed by atoms with Gasteiger partial charge in [0.25, 0.3) is 0 Å². The van der Waals surface area contributed by atoms with Gasteiger partial charge in [-0.2, -0.15) is 0 Å². The number of hydrogen-bond donors (Lipinski definition) is 0. The molecular formula is C16H21BBrNO3. The minimum Gasteiger partial charge on any atom is -0.399 e. The molecule has 118 valence electrons. The normalized spacial score (nSPS) is 23.4. The van der Waals surface area contributed by atoms with Crippen LogP contribution in [0.5, 0.6) is 0 Å². The van der Waals surface area contributed by atoms with Crippen LogP contribution in [0.2, 0.25) is 0 Å². The molecule has 3 rings (SSSR count). The highest BCUT2D eigenvalue weighted by molar-refractivity contribution is 9.10. The second kappa shape index (κ2) is 5.36. The summed E-state index contributed by atoms with van der Waals surface area (Å²) in [4.78, 5) is 13.8. The number of benzene rings is 1. The largest absolute Gasteiger partial charge is 0.494 e. The second-order valence-electron chi connectivity index (χ2n) is 6.98. The minimum absolute atomic E-state index is 0.179. The average molecular weight is 366 g/mol. The molecule has 4 nitrogen and oxygen atoms in total. The van der Waals surface area contributed by atoms with Crippen molar-refractivity contribution in [1.29, 1.82) is 0 Å². The van der Waals surface area contributed by atoms with E-state index in [1.54, 1.807) is 0 Å². The van der Waals surface area contributed by atoms with Gasteiger partial charge in [0.05, 0.1) is 11.2 Å². The zero-order chi connectivity index (χ0) is 16.1. The molecule has 0 aromatic heterocycles. The highest BCUT2D eigenvalue weighted by Gasteiger charge is 2.51. The topological polar surface area (TPSA) is 38.8 Å². The maximum Gasteiger partial charge on any atom is 0.494 e. The van der Waals surface area contributed by atoms with Crippen LogP contribution in [0.4, 0.5) is 5.69 Å². The van der Waals surface area contributed by atoms with Crippen LogP contribution in [0.1, 0.15) is 40.5 Å². The van der Waals surface area contributed by atoms with Crippen LogP contribution in [0.15, 0.2) is 22.7 Å². The van der Waals surface area contributed by atoms with Crippen LogP contribution in [0.3, 0.4) is 0 Å². The van der Waals surface area contributed by atoms with Crippen LogP contribution < -0.4 is 10.4 Å². The quantitative estimate of drug-likeness (QED) is 0.756. The molecule has 0 bridgehead atoms. The molecule has 1 aromatic rings. The highest BCUT2D eigenvalue weighted by atomic mass is 79.9. The summed E-state index contributed by atoms with van der Waals surface area (Å²) >= 11 is 3.54. The number of carbonyl (C=O) groups excluding carboxylic acids is 1. The first-order valence-corrected chi connectivity index (χ1v) is 8.45. The molecule has 6 heteroatoms. The number of amides is 1. The second-order valence-corrected chi connectivity index (χ2v) is 7.90. The van der Waals surface area contributed by atoms with Gasteiger partial charge in [0.1, 0.15) is 0 Å². The summed E-state index contributed by atoms with van der Waals surface area (Å²) in [7, 11) is -0.418. The van der Waals surface area contributed by atoms with Gasteiger partial charge in [-0.25, -0.2) is 0 Å². The van der Waals surface area contributed by atoms with E-state index < -0.39 is 7.12 Å². The Morgan fingerprint density at radius 3 is 2.32 bits per heavy atom. The van der Waals surface area contributed by atoms with Crippen molar-refractivity contribution in [2.45, 2.75) is 51.7 Å². The first-order valence-electron chi connectivity index (χ1n) is 7.66. The highest BCUT2D eigenvalue weighted by Crippen LogP contribution is 2.37. The van der Waals surface area contributed by atoms with Crippen LogP contribution in [0.25, 0.3) is 0 Å². The van der Waals surface area contributed by atoms with Crippen molar-refractivity contribution < 1.29 is 14.1 Å². The van der Waals surface area contributed by atoms with E-state index in [1.807, 2.05) is 50.8 Å². The molecule has 0 radical (unpaired) electrons. The summed E-state index contributed by atoms with van der Waals surface area (Å²) in [5.41, 5.74) is 1.09. The van der Waals surface area contributed by atoms with Gasteiger partial charge in [0, 0.05) is 23.1 Å². The van der Waals surface area contributed by atoms with Gasteiger partial charge in [-0.15, -0.1) is 0 Å². The van der Waals surface area contributed by atoms with E-state index in [0.717, 1.165) is 28.6 Å². The molecule has 2 aliphatic heterocycles. The molecule has 0 saturated carbocycles. The third-order valence-corrected chi connectivity index (χ3v) is 5.27. The van der Waals surface area contributed by atoms with Gasteiger partial charge < -0.3 is 14.2 Å². The Balaban J connectivity index is 1.92. The molecule has 0 unspecified atom stereocenters. The minimum atomic E-state index is -0.418. The van der Waals surface area contributed by atoms with E-state index in [9.17, 15) is 4.79 Å². The monoisotopic (exact) mass is 365 g/mol. The lowest BCUT2D eigenvalue weighted by atomic mass is 9.79.